The van der Waals surface area contributed by atoms with Crippen molar-refractivity contribution in [2.75, 3.05) is 19.7 Å². The van der Waals surface area contributed by atoms with Crippen LogP contribution in [-0.2, 0) is 0 Å². The molecule has 0 aromatic heterocycles. The fourth-order valence-electron chi connectivity index (χ4n) is 1.83. The molecule has 14 heavy (non-hydrogen) atoms. The van der Waals surface area contributed by atoms with E-state index in [-0.39, 0.29) is 6.61 Å². The Morgan fingerprint density at radius 3 is 2.43 bits per heavy atom. The number of aliphatic hydroxyl groups is 1. The molecule has 1 saturated heterocycles. The second-order valence-corrected chi connectivity index (χ2v) is 4.67. The molecule has 0 amide bonds. The van der Waals surface area contributed by atoms with Gasteiger partial charge in [-0.05, 0) is 36.7 Å². The monoisotopic (exact) mass is 255 g/mol. The number of halogens is 1. The highest BCUT2D eigenvalue weighted by molar-refractivity contribution is 9.10. The Labute approximate surface area is 92.5 Å². The molecule has 0 aliphatic carbocycles. The van der Waals surface area contributed by atoms with Crippen LogP contribution in [0, 0.1) is 5.92 Å². The summed E-state index contributed by atoms with van der Waals surface area (Å²) in [5, 5.41) is 12.6. The summed E-state index contributed by atoms with van der Waals surface area (Å²) in [6, 6.07) is 8.24. The van der Waals surface area contributed by atoms with Crippen molar-refractivity contribution in [3.63, 3.8) is 0 Å². The Balaban J connectivity index is 2.14. The zero-order chi connectivity index (χ0) is 9.97. The number of aliphatic hydroxyl groups excluding tert-OH is 1. The predicted molar refractivity (Wildman–Crippen MR) is 60.3 cm³/mol. The van der Waals surface area contributed by atoms with Gasteiger partial charge in [-0.3, -0.25) is 0 Å². The zero-order valence-electron chi connectivity index (χ0n) is 7.91. The summed E-state index contributed by atoms with van der Waals surface area (Å²) in [6.45, 7) is 2.30. The van der Waals surface area contributed by atoms with Crippen LogP contribution in [0.3, 0.4) is 0 Å². The lowest BCUT2D eigenvalue weighted by atomic mass is 9.83. The lowest BCUT2D eigenvalue weighted by molar-refractivity contribution is 0.188. The van der Waals surface area contributed by atoms with Crippen LogP contribution in [0.25, 0.3) is 0 Å². The lowest BCUT2D eigenvalue weighted by Crippen LogP contribution is -2.46. The van der Waals surface area contributed by atoms with E-state index in [0.29, 0.717) is 11.8 Å². The molecule has 0 spiro atoms. The van der Waals surface area contributed by atoms with E-state index in [0.717, 1.165) is 17.6 Å². The van der Waals surface area contributed by atoms with E-state index in [1.165, 1.54) is 5.56 Å². The first-order valence-corrected chi connectivity index (χ1v) is 5.67. The third-order valence-electron chi connectivity index (χ3n) is 2.88. The van der Waals surface area contributed by atoms with Gasteiger partial charge in [0.25, 0.3) is 0 Å². The molecular weight excluding hydrogens is 242 g/mol. The minimum atomic E-state index is 0.244. The maximum atomic E-state index is 9.34. The van der Waals surface area contributed by atoms with Crippen LogP contribution in [0.4, 0.5) is 0 Å². The summed E-state index contributed by atoms with van der Waals surface area (Å²) in [5.41, 5.74) is 1.24. The Morgan fingerprint density at radius 1 is 1.36 bits per heavy atom. The molecule has 1 atom stereocenters. The van der Waals surface area contributed by atoms with Crippen LogP contribution in [0.15, 0.2) is 28.7 Å². The summed E-state index contributed by atoms with van der Waals surface area (Å²) in [7, 11) is 0. The van der Waals surface area contributed by atoms with E-state index in [1.54, 1.807) is 0 Å². The Kier molecular flexibility index (Phi) is 3.21. The van der Waals surface area contributed by atoms with Crippen LogP contribution in [0.2, 0.25) is 0 Å². The molecule has 1 fully saturated rings. The van der Waals surface area contributed by atoms with Crippen molar-refractivity contribution in [3.05, 3.63) is 34.3 Å². The molecule has 2 nitrogen and oxygen atoms in total. The van der Waals surface area contributed by atoms with Gasteiger partial charge < -0.3 is 10.4 Å². The van der Waals surface area contributed by atoms with Crippen molar-refractivity contribution >= 4 is 15.9 Å². The first-order valence-electron chi connectivity index (χ1n) is 4.88. The largest absolute Gasteiger partial charge is 0.396 e. The third kappa shape index (κ3) is 2.00. The fraction of sp³-hybridized carbons (Fsp3) is 0.455. The van der Waals surface area contributed by atoms with Gasteiger partial charge in [0.2, 0.25) is 0 Å². The van der Waals surface area contributed by atoms with E-state index in [4.69, 9.17) is 0 Å². The third-order valence-corrected chi connectivity index (χ3v) is 3.41. The average Bonchev–Trinajstić information content (AvgIpc) is 2.13. The number of hydrogen-bond acceptors (Lipinski definition) is 2. The van der Waals surface area contributed by atoms with Crippen LogP contribution in [0.5, 0.6) is 0 Å². The van der Waals surface area contributed by atoms with Crippen molar-refractivity contribution in [1.29, 1.82) is 0 Å². The summed E-state index contributed by atoms with van der Waals surface area (Å²) < 4.78 is 1.09. The van der Waals surface area contributed by atoms with Crippen molar-refractivity contribution in [3.8, 4) is 0 Å². The van der Waals surface area contributed by atoms with Gasteiger partial charge in [0, 0.05) is 10.4 Å². The fourth-order valence-corrected chi connectivity index (χ4v) is 2.10. The van der Waals surface area contributed by atoms with Crippen LogP contribution < -0.4 is 5.32 Å². The van der Waals surface area contributed by atoms with Gasteiger partial charge in [0.1, 0.15) is 0 Å². The van der Waals surface area contributed by atoms with Crippen molar-refractivity contribution in [2.24, 2.45) is 5.92 Å². The Bertz CT molecular complexity index is 295. The number of benzene rings is 1. The first kappa shape index (κ1) is 10.1. The molecule has 1 aliphatic heterocycles. The van der Waals surface area contributed by atoms with Gasteiger partial charge in [-0.2, -0.15) is 0 Å². The molecule has 3 heteroatoms. The van der Waals surface area contributed by atoms with Gasteiger partial charge >= 0.3 is 0 Å². The maximum absolute atomic E-state index is 9.34. The van der Waals surface area contributed by atoms with E-state index in [2.05, 4.69) is 33.4 Å². The summed E-state index contributed by atoms with van der Waals surface area (Å²) in [6.07, 6.45) is 0. The molecule has 0 bridgehead atoms. The second-order valence-electron chi connectivity index (χ2n) is 3.76. The second kappa shape index (κ2) is 4.43. The van der Waals surface area contributed by atoms with Gasteiger partial charge in [0.05, 0.1) is 6.61 Å². The van der Waals surface area contributed by atoms with Crippen LogP contribution >= 0.6 is 15.9 Å². The first-order chi connectivity index (χ1) is 6.81. The Morgan fingerprint density at radius 2 is 2.00 bits per heavy atom. The Hall–Kier alpha value is -0.380. The normalized spacial score (nSPS) is 19.0. The van der Waals surface area contributed by atoms with Gasteiger partial charge in [-0.25, -0.2) is 0 Å². The molecule has 2 rings (SSSR count). The molecular formula is C11H14BrNO. The smallest absolute Gasteiger partial charge is 0.0503 e. The topological polar surface area (TPSA) is 32.3 Å². The van der Waals surface area contributed by atoms with Crippen molar-refractivity contribution in [2.45, 2.75) is 5.92 Å². The van der Waals surface area contributed by atoms with Gasteiger partial charge in [-0.15, -0.1) is 0 Å². The average molecular weight is 256 g/mol. The molecule has 0 radical (unpaired) electrons. The number of hydrogen-bond donors (Lipinski definition) is 2. The molecule has 2 N–H and O–H groups in total. The number of nitrogens with one attached hydrogen (secondary N) is 1. The SMILES string of the molecule is OCC(c1ccc(Br)cc1)C1CNC1. The summed E-state index contributed by atoms with van der Waals surface area (Å²) >= 11 is 3.41. The van der Waals surface area contributed by atoms with Crippen molar-refractivity contribution < 1.29 is 5.11 Å². The molecule has 1 unspecified atom stereocenters. The molecule has 1 aromatic carbocycles. The highest BCUT2D eigenvalue weighted by Crippen LogP contribution is 2.27. The van der Waals surface area contributed by atoms with Crippen LogP contribution in [-0.4, -0.2) is 24.8 Å². The minimum absolute atomic E-state index is 0.244. The van der Waals surface area contributed by atoms with Gasteiger partial charge in [0.15, 0.2) is 0 Å². The molecule has 0 saturated carbocycles. The van der Waals surface area contributed by atoms with Crippen molar-refractivity contribution in [1.82, 2.24) is 5.32 Å². The molecule has 1 heterocycles. The quantitative estimate of drug-likeness (QED) is 0.863. The molecule has 1 aliphatic rings. The standard InChI is InChI=1S/C11H14BrNO/c12-10-3-1-8(2-4-10)11(7-14)9-5-13-6-9/h1-4,9,11,13-14H,5-7H2. The molecule has 1 aromatic rings. The summed E-state index contributed by atoms with van der Waals surface area (Å²) in [5.74, 6) is 0.894. The zero-order valence-corrected chi connectivity index (χ0v) is 9.50. The number of rotatable bonds is 3. The van der Waals surface area contributed by atoms with E-state index < -0.39 is 0 Å². The van der Waals surface area contributed by atoms with Crippen LogP contribution in [0.1, 0.15) is 11.5 Å². The van der Waals surface area contributed by atoms with E-state index in [9.17, 15) is 5.11 Å². The highest BCUT2D eigenvalue weighted by Gasteiger charge is 2.27. The molecule has 76 valence electrons. The minimum Gasteiger partial charge on any atom is -0.396 e. The maximum Gasteiger partial charge on any atom is 0.0503 e. The lowest BCUT2D eigenvalue weighted by Gasteiger charge is -2.34. The predicted octanol–water partition coefficient (Wildman–Crippen LogP) is 1.74. The van der Waals surface area contributed by atoms with E-state index in [1.807, 2.05) is 12.1 Å². The van der Waals surface area contributed by atoms with Gasteiger partial charge in [-0.1, -0.05) is 28.1 Å². The van der Waals surface area contributed by atoms with E-state index >= 15 is 0 Å². The summed E-state index contributed by atoms with van der Waals surface area (Å²) in [4.78, 5) is 0. The highest BCUT2D eigenvalue weighted by atomic mass is 79.9.